The van der Waals surface area contributed by atoms with E-state index in [1.165, 1.54) is 12.1 Å². The Morgan fingerprint density at radius 2 is 2.24 bits per heavy atom. The fourth-order valence-corrected chi connectivity index (χ4v) is 2.57. The Bertz CT molecular complexity index is 674. The summed E-state index contributed by atoms with van der Waals surface area (Å²) >= 11 is 3.23. The van der Waals surface area contributed by atoms with Gasteiger partial charge >= 0.3 is 5.97 Å². The first-order valence-corrected chi connectivity index (χ1v) is 7.52. The summed E-state index contributed by atoms with van der Waals surface area (Å²) in [6.07, 6.45) is 1.95. The highest BCUT2D eigenvalue weighted by Gasteiger charge is 2.34. The molecule has 4 nitrogen and oxygen atoms in total. The van der Waals surface area contributed by atoms with Crippen LogP contribution in [0.5, 0.6) is 0 Å². The number of benzene rings is 1. The molecule has 3 rings (SSSR count). The van der Waals surface area contributed by atoms with E-state index in [4.69, 9.17) is 9.15 Å². The Hall–Kier alpha value is -1.69. The van der Waals surface area contributed by atoms with Crippen LogP contribution < -0.4 is 0 Å². The zero-order chi connectivity index (χ0) is 15.0. The molecule has 1 aliphatic carbocycles. The van der Waals surface area contributed by atoms with Gasteiger partial charge < -0.3 is 9.15 Å². The average molecular weight is 354 g/mol. The minimum absolute atomic E-state index is 0.134. The maximum absolute atomic E-state index is 13.5. The van der Waals surface area contributed by atoms with Crippen LogP contribution in [0.3, 0.4) is 0 Å². The minimum Gasteiger partial charge on any atom is -0.460 e. The maximum Gasteiger partial charge on any atom is 0.376 e. The number of oxazole rings is 1. The van der Waals surface area contributed by atoms with Gasteiger partial charge in [0, 0.05) is 16.0 Å². The van der Waals surface area contributed by atoms with Crippen molar-refractivity contribution in [2.24, 2.45) is 0 Å². The van der Waals surface area contributed by atoms with Gasteiger partial charge in [-0.3, -0.25) is 0 Å². The molecule has 0 radical (unpaired) electrons. The van der Waals surface area contributed by atoms with E-state index in [2.05, 4.69) is 20.9 Å². The lowest BCUT2D eigenvalue weighted by atomic mass is 10.2. The second kappa shape index (κ2) is 5.60. The van der Waals surface area contributed by atoms with Gasteiger partial charge in [0.2, 0.25) is 11.7 Å². The maximum atomic E-state index is 13.5. The van der Waals surface area contributed by atoms with Crippen molar-refractivity contribution < 1.29 is 18.3 Å². The number of aromatic nitrogens is 1. The van der Waals surface area contributed by atoms with E-state index in [9.17, 15) is 9.18 Å². The first-order chi connectivity index (χ1) is 10.1. The fourth-order valence-electron chi connectivity index (χ4n) is 2.11. The van der Waals surface area contributed by atoms with E-state index in [-0.39, 0.29) is 24.2 Å². The molecule has 0 saturated heterocycles. The monoisotopic (exact) mass is 353 g/mol. The van der Waals surface area contributed by atoms with Gasteiger partial charge in [-0.1, -0.05) is 15.9 Å². The van der Waals surface area contributed by atoms with Gasteiger partial charge in [0.1, 0.15) is 5.82 Å². The third kappa shape index (κ3) is 3.00. The number of carbonyl (C=O) groups excluding carboxylic acids is 1. The van der Waals surface area contributed by atoms with Crippen LogP contribution in [0.1, 0.15) is 41.9 Å². The first-order valence-electron chi connectivity index (χ1n) is 6.72. The highest BCUT2D eigenvalue weighted by atomic mass is 79.9. The van der Waals surface area contributed by atoms with Crippen LogP contribution in [0.4, 0.5) is 4.39 Å². The van der Waals surface area contributed by atoms with E-state index in [0.717, 1.165) is 12.8 Å². The number of halogens is 2. The zero-order valence-electron chi connectivity index (χ0n) is 11.4. The van der Waals surface area contributed by atoms with Gasteiger partial charge in [-0.25, -0.2) is 14.2 Å². The van der Waals surface area contributed by atoms with Gasteiger partial charge in [-0.2, -0.15) is 0 Å². The van der Waals surface area contributed by atoms with Crippen molar-refractivity contribution in [2.45, 2.75) is 25.7 Å². The van der Waals surface area contributed by atoms with Crippen molar-refractivity contribution in [1.29, 1.82) is 0 Å². The summed E-state index contributed by atoms with van der Waals surface area (Å²) in [5.41, 5.74) is 1.10. The van der Waals surface area contributed by atoms with E-state index in [1.807, 2.05) is 0 Å². The van der Waals surface area contributed by atoms with Crippen molar-refractivity contribution in [3.8, 4) is 11.5 Å². The van der Waals surface area contributed by atoms with Crippen LogP contribution in [0.25, 0.3) is 11.5 Å². The summed E-state index contributed by atoms with van der Waals surface area (Å²) in [7, 11) is 0. The van der Waals surface area contributed by atoms with Gasteiger partial charge in [0.25, 0.3) is 0 Å². The Labute approximate surface area is 129 Å². The van der Waals surface area contributed by atoms with Gasteiger partial charge in [0.05, 0.1) is 12.3 Å². The highest BCUT2D eigenvalue weighted by Crippen LogP contribution is 2.42. The van der Waals surface area contributed by atoms with E-state index >= 15 is 0 Å². The smallest absolute Gasteiger partial charge is 0.376 e. The lowest BCUT2D eigenvalue weighted by molar-refractivity contribution is 0.0489. The molecule has 21 heavy (non-hydrogen) atoms. The summed E-state index contributed by atoms with van der Waals surface area (Å²) in [5, 5.41) is 0. The standard InChI is InChI=1S/C15H13BrFNO3/c1-2-20-15(19)13-12(8-3-4-8)18-14(21-13)9-5-10(16)7-11(17)6-9/h5-8H,2-4H2,1H3. The Balaban J connectivity index is 2.03. The summed E-state index contributed by atoms with van der Waals surface area (Å²) < 4.78 is 24.6. The van der Waals surface area contributed by atoms with Crippen LogP contribution in [-0.4, -0.2) is 17.6 Å². The second-order valence-corrected chi connectivity index (χ2v) is 5.80. The third-order valence-corrected chi connectivity index (χ3v) is 3.65. The largest absolute Gasteiger partial charge is 0.460 e. The molecule has 1 heterocycles. The first kappa shape index (κ1) is 14.3. The third-order valence-electron chi connectivity index (χ3n) is 3.19. The Morgan fingerprint density at radius 1 is 1.48 bits per heavy atom. The highest BCUT2D eigenvalue weighted by molar-refractivity contribution is 9.10. The lowest BCUT2D eigenvalue weighted by Gasteiger charge is -1.99. The molecule has 1 aliphatic rings. The van der Waals surface area contributed by atoms with Crippen molar-refractivity contribution in [1.82, 2.24) is 4.98 Å². The van der Waals surface area contributed by atoms with Gasteiger partial charge in [-0.05, 0) is 38.0 Å². The second-order valence-electron chi connectivity index (χ2n) is 4.89. The molecule has 0 aliphatic heterocycles. The van der Waals surface area contributed by atoms with E-state index in [1.54, 1.807) is 13.0 Å². The zero-order valence-corrected chi connectivity index (χ0v) is 12.9. The number of hydrogen-bond acceptors (Lipinski definition) is 4. The van der Waals surface area contributed by atoms with Crippen molar-refractivity contribution in [3.05, 3.63) is 39.9 Å². The SMILES string of the molecule is CCOC(=O)c1oc(-c2cc(F)cc(Br)c2)nc1C1CC1. The molecule has 1 aromatic heterocycles. The molecule has 0 spiro atoms. The molecular weight excluding hydrogens is 341 g/mol. The number of esters is 1. The minimum atomic E-state index is -0.520. The Kier molecular flexibility index (Phi) is 3.80. The van der Waals surface area contributed by atoms with E-state index in [0.29, 0.717) is 15.7 Å². The Morgan fingerprint density at radius 3 is 2.86 bits per heavy atom. The predicted octanol–water partition coefficient (Wildman–Crippen LogP) is 4.30. The molecule has 1 saturated carbocycles. The molecule has 110 valence electrons. The van der Waals surface area contributed by atoms with Crippen LogP contribution in [0.2, 0.25) is 0 Å². The van der Waals surface area contributed by atoms with Crippen LogP contribution in [0, 0.1) is 5.82 Å². The lowest BCUT2D eigenvalue weighted by Crippen LogP contribution is -2.05. The molecule has 1 aromatic carbocycles. The summed E-state index contributed by atoms with van der Waals surface area (Å²) in [6.45, 7) is 2.00. The number of hydrogen-bond donors (Lipinski definition) is 0. The molecule has 0 bridgehead atoms. The molecule has 1 fully saturated rings. The van der Waals surface area contributed by atoms with Gasteiger partial charge in [-0.15, -0.1) is 0 Å². The van der Waals surface area contributed by atoms with Crippen molar-refractivity contribution >= 4 is 21.9 Å². The number of nitrogens with zero attached hydrogens (tertiary/aromatic N) is 1. The van der Waals surface area contributed by atoms with Gasteiger partial charge in [0.15, 0.2) is 0 Å². The number of carbonyl (C=O) groups is 1. The van der Waals surface area contributed by atoms with Crippen molar-refractivity contribution in [2.75, 3.05) is 6.61 Å². The van der Waals surface area contributed by atoms with E-state index < -0.39 is 11.8 Å². The summed E-state index contributed by atoms with van der Waals surface area (Å²) in [6, 6.07) is 4.36. The molecule has 0 N–H and O–H groups in total. The quantitative estimate of drug-likeness (QED) is 0.769. The topological polar surface area (TPSA) is 52.3 Å². The number of ether oxygens (including phenoxy) is 1. The summed E-state index contributed by atoms with van der Waals surface area (Å²) in [4.78, 5) is 16.3. The molecule has 2 aromatic rings. The predicted molar refractivity (Wildman–Crippen MR) is 77.5 cm³/mol. The molecule has 0 unspecified atom stereocenters. The molecule has 0 amide bonds. The molecule has 6 heteroatoms. The van der Waals surface area contributed by atoms with Crippen molar-refractivity contribution in [3.63, 3.8) is 0 Å². The number of rotatable bonds is 4. The van der Waals surface area contributed by atoms with Crippen LogP contribution in [-0.2, 0) is 4.74 Å². The average Bonchev–Trinajstić information content (AvgIpc) is 3.16. The fraction of sp³-hybridized carbons (Fsp3) is 0.333. The molecule has 0 atom stereocenters. The van der Waals surface area contributed by atoms with Crippen LogP contribution >= 0.6 is 15.9 Å². The van der Waals surface area contributed by atoms with Crippen LogP contribution in [0.15, 0.2) is 27.1 Å². The molecular formula is C15H13BrFNO3. The summed E-state index contributed by atoms with van der Waals surface area (Å²) in [5.74, 6) is -0.314. The normalized spacial score (nSPS) is 14.2.